The average Bonchev–Trinajstić information content (AvgIpc) is 2.93. The molecule has 6 nitrogen and oxygen atoms in total. The maximum atomic E-state index is 5.29. The van der Waals surface area contributed by atoms with Gasteiger partial charge in [-0.1, -0.05) is 6.07 Å². The van der Waals surface area contributed by atoms with Gasteiger partial charge in [-0.2, -0.15) is 0 Å². The van der Waals surface area contributed by atoms with E-state index in [4.69, 9.17) is 4.42 Å². The molecule has 2 N–H and O–H groups in total. The summed E-state index contributed by atoms with van der Waals surface area (Å²) in [6.07, 6.45) is 3.00. The Morgan fingerprint density at radius 2 is 1.90 bits per heavy atom. The number of nitrogens with one attached hydrogen (secondary N) is 2. The first-order valence-electron chi connectivity index (χ1n) is 6.47. The van der Waals surface area contributed by atoms with Crippen LogP contribution in [0.2, 0.25) is 0 Å². The lowest BCUT2D eigenvalue weighted by Gasteiger charge is -2.07. The van der Waals surface area contributed by atoms with Gasteiger partial charge in [0.25, 0.3) is 0 Å². The van der Waals surface area contributed by atoms with Crippen molar-refractivity contribution < 1.29 is 4.42 Å². The molecule has 0 aliphatic rings. The summed E-state index contributed by atoms with van der Waals surface area (Å²) in [4.78, 5) is 12.4. The molecule has 0 spiro atoms. The SMILES string of the molecule is CCNc1cc(NCc2ccc3ncoc3c2)ncn1. The second kappa shape index (κ2) is 5.56. The highest BCUT2D eigenvalue weighted by Gasteiger charge is 2.02. The Kier molecular flexibility index (Phi) is 3.45. The molecule has 0 saturated heterocycles. The number of anilines is 2. The zero-order valence-electron chi connectivity index (χ0n) is 11.1. The van der Waals surface area contributed by atoms with E-state index in [-0.39, 0.29) is 0 Å². The molecule has 2 heterocycles. The summed E-state index contributed by atoms with van der Waals surface area (Å²) < 4.78 is 5.29. The lowest BCUT2D eigenvalue weighted by Crippen LogP contribution is -2.04. The van der Waals surface area contributed by atoms with Gasteiger partial charge < -0.3 is 15.1 Å². The monoisotopic (exact) mass is 269 g/mol. The van der Waals surface area contributed by atoms with Crippen molar-refractivity contribution in [2.24, 2.45) is 0 Å². The molecule has 6 heteroatoms. The van der Waals surface area contributed by atoms with Gasteiger partial charge in [-0.3, -0.25) is 0 Å². The molecule has 3 aromatic rings. The van der Waals surface area contributed by atoms with Crippen molar-refractivity contribution in [2.45, 2.75) is 13.5 Å². The van der Waals surface area contributed by atoms with E-state index in [1.54, 1.807) is 6.33 Å². The molecule has 0 bridgehead atoms. The molecule has 0 aliphatic heterocycles. The number of nitrogens with zero attached hydrogens (tertiary/aromatic N) is 3. The summed E-state index contributed by atoms with van der Waals surface area (Å²) in [7, 11) is 0. The normalized spacial score (nSPS) is 10.7. The predicted molar refractivity (Wildman–Crippen MR) is 77.5 cm³/mol. The van der Waals surface area contributed by atoms with Crippen molar-refractivity contribution in [3.8, 4) is 0 Å². The average molecular weight is 269 g/mol. The van der Waals surface area contributed by atoms with E-state index in [2.05, 4.69) is 25.6 Å². The van der Waals surface area contributed by atoms with Gasteiger partial charge in [0.2, 0.25) is 0 Å². The topological polar surface area (TPSA) is 75.9 Å². The Bertz CT molecular complexity index is 709. The van der Waals surface area contributed by atoms with Crippen molar-refractivity contribution in [2.75, 3.05) is 17.2 Å². The van der Waals surface area contributed by atoms with Crippen molar-refractivity contribution in [1.29, 1.82) is 0 Å². The number of hydrogen-bond acceptors (Lipinski definition) is 6. The van der Waals surface area contributed by atoms with Crippen LogP contribution >= 0.6 is 0 Å². The van der Waals surface area contributed by atoms with Gasteiger partial charge in [0.05, 0.1) is 0 Å². The second-order valence-corrected chi connectivity index (χ2v) is 4.33. The number of fused-ring (bicyclic) bond motifs is 1. The summed E-state index contributed by atoms with van der Waals surface area (Å²) in [5.41, 5.74) is 2.77. The summed E-state index contributed by atoms with van der Waals surface area (Å²) >= 11 is 0. The predicted octanol–water partition coefficient (Wildman–Crippen LogP) is 2.66. The van der Waals surface area contributed by atoms with Crippen LogP contribution in [0.1, 0.15) is 12.5 Å². The van der Waals surface area contributed by atoms with Crippen molar-refractivity contribution in [3.05, 3.63) is 42.5 Å². The summed E-state index contributed by atoms with van der Waals surface area (Å²) in [6, 6.07) is 7.82. The number of oxazole rings is 1. The van der Waals surface area contributed by atoms with Crippen molar-refractivity contribution in [3.63, 3.8) is 0 Å². The fraction of sp³-hybridized carbons (Fsp3) is 0.214. The molecule has 0 radical (unpaired) electrons. The smallest absolute Gasteiger partial charge is 0.181 e. The number of hydrogen-bond donors (Lipinski definition) is 2. The lowest BCUT2D eigenvalue weighted by atomic mass is 10.2. The summed E-state index contributed by atoms with van der Waals surface area (Å²) in [6.45, 7) is 3.53. The van der Waals surface area contributed by atoms with Crippen LogP contribution in [0.15, 0.2) is 41.4 Å². The van der Waals surface area contributed by atoms with Crippen molar-refractivity contribution >= 4 is 22.7 Å². The number of aromatic nitrogens is 3. The van der Waals surface area contributed by atoms with Gasteiger partial charge in [0.1, 0.15) is 23.5 Å². The molecule has 0 aliphatic carbocycles. The van der Waals surface area contributed by atoms with E-state index in [9.17, 15) is 0 Å². The first kappa shape index (κ1) is 12.4. The van der Waals surface area contributed by atoms with Crippen LogP contribution in [0.3, 0.4) is 0 Å². The molecule has 2 aromatic heterocycles. The van der Waals surface area contributed by atoms with E-state index >= 15 is 0 Å². The van der Waals surface area contributed by atoms with Crippen LogP contribution in [-0.2, 0) is 6.54 Å². The number of benzene rings is 1. The Hall–Kier alpha value is -2.63. The standard InChI is InChI=1S/C14H15N5O/c1-2-15-13-6-14(18-8-17-13)16-7-10-3-4-11-12(5-10)20-9-19-11/h3-6,8-9H,2,7H2,1H3,(H2,15,16,17,18). The second-order valence-electron chi connectivity index (χ2n) is 4.33. The highest BCUT2D eigenvalue weighted by Crippen LogP contribution is 2.15. The van der Waals surface area contributed by atoms with Gasteiger partial charge >= 0.3 is 0 Å². The summed E-state index contributed by atoms with van der Waals surface area (Å²) in [5, 5.41) is 6.42. The van der Waals surface area contributed by atoms with E-state index < -0.39 is 0 Å². The molecule has 102 valence electrons. The minimum atomic E-state index is 0.666. The molecule has 0 saturated carbocycles. The maximum Gasteiger partial charge on any atom is 0.181 e. The molecule has 1 aromatic carbocycles. The quantitative estimate of drug-likeness (QED) is 0.741. The minimum absolute atomic E-state index is 0.666. The van der Waals surface area contributed by atoms with Gasteiger partial charge in [-0.15, -0.1) is 0 Å². The Labute approximate surface area is 116 Å². The van der Waals surface area contributed by atoms with Gasteiger partial charge in [0.15, 0.2) is 12.0 Å². The van der Waals surface area contributed by atoms with Crippen LogP contribution < -0.4 is 10.6 Å². The fourth-order valence-electron chi connectivity index (χ4n) is 1.93. The number of rotatable bonds is 5. The zero-order chi connectivity index (χ0) is 13.8. The molecule has 0 fully saturated rings. The molecular weight excluding hydrogens is 254 g/mol. The molecule has 0 amide bonds. The highest BCUT2D eigenvalue weighted by molar-refractivity contribution is 5.72. The summed E-state index contributed by atoms with van der Waals surface area (Å²) in [5.74, 6) is 1.60. The fourth-order valence-corrected chi connectivity index (χ4v) is 1.93. The lowest BCUT2D eigenvalue weighted by molar-refractivity contribution is 0.602. The van der Waals surface area contributed by atoms with Crippen molar-refractivity contribution in [1.82, 2.24) is 15.0 Å². The first-order valence-corrected chi connectivity index (χ1v) is 6.47. The molecule has 3 rings (SSSR count). The third-order valence-electron chi connectivity index (χ3n) is 2.89. The minimum Gasteiger partial charge on any atom is -0.443 e. The molecular formula is C14H15N5O. The van der Waals surface area contributed by atoms with E-state index in [1.165, 1.54) is 6.39 Å². The van der Waals surface area contributed by atoms with E-state index in [0.29, 0.717) is 6.54 Å². The van der Waals surface area contributed by atoms with Crippen LogP contribution in [0.5, 0.6) is 0 Å². The zero-order valence-corrected chi connectivity index (χ0v) is 11.1. The Morgan fingerprint density at radius 1 is 1.05 bits per heavy atom. The van der Waals surface area contributed by atoms with E-state index in [1.807, 2.05) is 31.2 Å². The van der Waals surface area contributed by atoms with Gasteiger partial charge in [-0.25, -0.2) is 15.0 Å². The Balaban J connectivity index is 1.70. The molecule has 0 atom stereocenters. The highest BCUT2D eigenvalue weighted by atomic mass is 16.3. The maximum absolute atomic E-state index is 5.29. The first-order chi connectivity index (χ1) is 9.85. The van der Waals surface area contributed by atoms with Crippen LogP contribution in [-0.4, -0.2) is 21.5 Å². The third-order valence-corrected chi connectivity index (χ3v) is 2.89. The molecule has 20 heavy (non-hydrogen) atoms. The van der Waals surface area contributed by atoms with Gasteiger partial charge in [0, 0.05) is 19.2 Å². The van der Waals surface area contributed by atoms with Gasteiger partial charge in [-0.05, 0) is 24.6 Å². The Morgan fingerprint density at radius 3 is 2.75 bits per heavy atom. The van der Waals surface area contributed by atoms with Crippen LogP contribution in [0.25, 0.3) is 11.1 Å². The van der Waals surface area contributed by atoms with E-state index in [0.717, 1.165) is 34.8 Å². The third kappa shape index (κ3) is 2.69. The van der Waals surface area contributed by atoms with Crippen LogP contribution in [0, 0.1) is 0 Å². The largest absolute Gasteiger partial charge is 0.443 e. The van der Waals surface area contributed by atoms with Crippen LogP contribution in [0.4, 0.5) is 11.6 Å². The molecule has 0 unspecified atom stereocenters.